The Hall–Kier alpha value is -2.66. The number of carbonyl (C=O) groups excluding carboxylic acids is 2. The minimum atomic E-state index is -0.884. The SMILES string of the molecule is COC(=O)C(NC(=O)C(N)c1ccc(C)cc1)c1ccccc1. The van der Waals surface area contributed by atoms with E-state index < -0.39 is 24.0 Å². The van der Waals surface area contributed by atoms with E-state index in [1.54, 1.807) is 36.4 Å². The zero-order valence-corrected chi connectivity index (χ0v) is 13.2. The van der Waals surface area contributed by atoms with Crippen molar-refractivity contribution in [3.63, 3.8) is 0 Å². The largest absolute Gasteiger partial charge is 0.467 e. The molecular formula is C18H20N2O3. The Labute approximate surface area is 135 Å². The van der Waals surface area contributed by atoms with Crippen LogP contribution in [0.25, 0.3) is 0 Å². The predicted octanol–water partition coefficient (Wildman–Crippen LogP) is 2.03. The Bertz CT molecular complexity index is 668. The second-order valence-corrected chi connectivity index (χ2v) is 5.26. The summed E-state index contributed by atoms with van der Waals surface area (Å²) in [4.78, 5) is 24.4. The van der Waals surface area contributed by atoms with E-state index >= 15 is 0 Å². The number of esters is 1. The first-order chi connectivity index (χ1) is 11.0. The van der Waals surface area contributed by atoms with Crippen LogP contribution in [-0.2, 0) is 14.3 Å². The third-order valence-electron chi connectivity index (χ3n) is 3.58. The molecule has 23 heavy (non-hydrogen) atoms. The van der Waals surface area contributed by atoms with E-state index in [-0.39, 0.29) is 0 Å². The first kappa shape index (κ1) is 16.7. The maximum Gasteiger partial charge on any atom is 0.333 e. The van der Waals surface area contributed by atoms with E-state index in [2.05, 4.69) is 5.32 Å². The van der Waals surface area contributed by atoms with Gasteiger partial charge in [-0.25, -0.2) is 4.79 Å². The molecule has 0 fully saturated rings. The maximum absolute atomic E-state index is 12.4. The minimum absolute atomic E-state index is 0.437. The van der Waals surface area contributed by atoms with Gasteiger partial charge in [-0.1, -0.05) is 60.2 Å². The number of ether oxygens (including phenoxy) is 1. The lowest BCUT2D eigenvalue weighted by molar-refractivity contribution is -0.145. The zero-order chi connectivity index (χ0) is 16.8. The van der Waals surface area contributed by atoms with Crippen LogP contribution in [0, 0.1) is 6.92 Å². The number of nitrogens with one attached hydrogen (secondary N) is 1. The number of aryl methyl sites for hydroxylation is 1. The molecule has 2 unspecified atom stereocenters. The van der Waals surface area contributed by atoms with Gasteiger partial charge in [0.1, 0.15) is 6.04 Å². The summed E-state index contributed by atoms with van der Waals surface area (Å²) in [5.41, 5.74) is 8.40. The lowest BCUT2D eigenvalue weighted by atomic mass is 10.0. The van der Waals surface area contributed by atoms with Crippen molar-refractivity contribution in [2.24, 2.45) is 5.73 Å². The number of nitrogens with two attached hydrogens (primary N) is 1. The van der Waals surface area contributed by atoms with Gasteiger partial charge >= 0.3 is 5.97 Å². The van der Waals surface area contributed by atoms with E-state index in [0.717, 1.165) is 5.56 Å². The highest BCUT2D eigenvalue weighted by Crippen LogP contribution is 2.17. The van der Waals surface area contributed by atoms with Crippen LogP contribution < -0.4 is 11.1 Å². The summed E-state index contributed by atoms with van der Waals surface area (Å²) in [6.07, 6.45) is 0. The summed E-state index contributed by atoms with van der Waals surface area (Å²) in [5, 5.41) is 2.66. The number of carbonyl (C=O) groups is 2. The van der Waals surface area contributed by atoms with Crippen LogP contribution in [0.3, 0.4) is 0 Å². The molecule has 0 spiro atoms. The molecule has 0 aliphatic rings. The van der Waals surface area contributed by atoms with Crippen molar-refractivity contribution < 1.29 is 14.3 Å². The molecular weight excluding hydrogens is 292 g/mol. The Kier molecular flexibility index (Phi) is 5.49. The van der Waals surface area contributed by atoms with Gasteiger partial charge in [0.25, 0.3) is 0 Å². The van der Waals surface area contributed by atoms with Gasteiger partial charge in [0.2, 0.25) is 5.91 Å². The van der Waals surface area contributed by atoms with Crippen molar-refractivity contribution in [2.75, 3.05) is 7.11 Å². The molecule has 0 bridgehead atoms. The molecule has 0 heterocycles. The summed E-state index contributed by atoms with van der Waals surface area (Å²) < 4.78 is 4.77. The van der Waals surface area contributed by atoms with Crippen molar-refractivity contribution in [1.29, 1.82) is 0 Å². The van der Waals surface area contributed by atoms with E-state index in [9.17, 15) is 9.59 Å². The van der Waals surface area contributed by atoms with Crippen LogP contribution in [0.5, 0.6) is 0 Å². The molecule has 3 N–H and O–H groups in total. The van der Waals surface area contributed by atoms with Gasteiger partial charge in [-0.3, -0.25) is 4.79 Å². The van der Waals surface area contributed by atoms with Crippen molar-refractivity contribution in [1.82, 2.24) is 5.32 Å². The van der Waals surface area contributed by atoms with Crippen molar-refractivity contribution in [3.8, 4) is 0 Å². The molecule has 0 radical (unpaired) electrons. The second kappa shape index (κ2) is 7.56. The minimum Gasteiger partial charge on any atom is -0.467 e. The standard InChI is InChI=1S/C18H20N2O3/c1-12-8-10-13(11-9-12)15(19)17(21)20-16(18(22)23-2)14-6-4-3-5-7-14/h3-11,15-16H,19H2,1-2H3,(H,20,21). The van der Waals surface area contributed by atoms with Crippen molar-refractivity contribution >= 4 is 11.9 Å². The molecule has 0 aromatic heterocycles. The number of hydrogen-bond donors (Lipinski definition) is 2. The molecule has 5 nitrogen and oxygen atoms in total. The number of hydrogen-bond acceptors (Lipinski definition) is 4. The second-order valence-electron chi connectivity index (χ2n) is 5.26. The molecule has 120 valence electrons. The van der Waals surface area contributed by atoms with Crippen LogP contribution in [0.2, 0.25) is 0 Å². The topological polar surface area (TPSA) is 81.4 Å². The van der Waals surface area contributed by atoms with E-state index in [1.807, 2.05) is 25.1 Å². The molecule has 0 saturated carbocycles. The van der Waals surface area contributed by atoms with Gasteiger partial charge < -0.3 is 15.8 Å². The van der Waals surface area contributed by atoms with Gasteiger partial charge in [-0.2, -0.15) is 0 Å². The highest BCUT2D eigenvalue weighted by molar-refractivity contribution is 5.88. The first-order valence-corrected chi connectivity index (χ1v) is 7.28. The van der Waals surface area contributed by atoms with Crippen molar-refractivity contribution in [3.05, 3.63) is 71.3 Å². The van der Waals surface area contributed by atoms with Crippen molar-refractivity contribution in [2.45, 2.75) is 19.0 Å². The first-order valence-electron chi connectivity index (χ1n) is 7.28. The van der Waals surface area contributed by atoms with Gasteiger partial charge in [0.15, 0.2) is 6.04 Å². The molecule has 2 rings (SSSR count). The summed E-state index contributed by atoms with van der Waals surface area (Å²) in [6, 6.07) is 14.5. The molecule has 2 atom stereocenters. The number of amides is 1. The average Bonchev–Trinajstić information content (AvgIpc) is 2.59. The summed E-state index contributed by atoms with van der Waals surface area (Å²) >= 11 is 0. The fourth-order valence-corrected chi connectivity index (χ4v) is 2.20. The molecule has 2 aromatic carbocycles. The number of methoxy groups -OCH3 is 1. The number of benzene rings is 2. The van der Waals surface area contributed by atoms with Gasteiger partial charge in [-0.05, 0) is 18.1 Å². The third kappa shape index (κ3) is 4.17. The lowest BCUT2D eigenvalue weighted by Crippen LogP contribution is -2.40. The third-order valence-corrected chi connectivity index (χ3v) is 3.58. The predicted molar refractivity (Wildman–Crippen MR) is 87.4 cm³/mol. The van der Waals surface area contributed by atoms with E-state index in [4.69, 9.17) is 10.5 Å². The van der Waals surface area contributed by atoms with Gasteiger partial charge in [0, 0.05) is 0 Å². The Balaban J connectivity index is 2.17. The van der Waals surface area contributed by atoms with E-state index in [0.29, 0.717) is 11.1 Å². The van der Waals surface area contributed by atoms with Crippen LogP contribution in [-0.4, -0.2) is 19.0 Å². The quantitative estimate of drug-likeness (QED) is 0.828. The van der Waals surface area contributed by atoms with Crippen LogP contribution in [0.4, 0.5) is 0 Å². The summed E-state index contributed by atoms with van der Waals surface area (Å²) in [6.45, 7) is 1.96. The molecule has 0 aliphatic heterocycles. The Morgan fingerprint density at radius 1 is 1.00 bits per heavy atom. The normalized spacial score (nSPS) is 13.0. The maximum atomic E-state index is 12.4. The average molecular weight is 312 g/mol. The highest BCUT2D eigenvalue weighted by atomic mass is 16.5. The number of rotatable bonds is 5. The van der Waals surface area contributed by atoms with Gasteiger partial charge in [-0.15, -0.1) is 0 Å². The molecule has 0 saturated heterocycles. The summed E-state index contributed by atoms with van der Waals surface area (Å²) in [5.74, 6) is -0.978. The molecule has 5 heteroatoms. The van der Waals surface area contributed by atoms with Crippen LogP contribution >= 0.6 is 0 Å². The van der Waals surface area contributed by atoms with Crippen LogP contribution in [0.1, 0.15) is 28.8 Å². The fraction of sp³-hybridized carbons (Fsp3) is 0.222. The highest BCUT2D eigenvalue weighted by Gasteiger charge is 2.26. The smallest absolute Gasteiger partial charge is 0.333 e. The molecule has 0 aliphatic carbocycles. The van der Waals surface area contributed by atoms with Gasteiger partial charge in [0.05, 0.1) is 7.11 Å². The lowest BCUT2D eigenvalue weighted by Gasteiger charge is -2.19. The Morgan fingerprint density at radius 2 is 1.61 bits per heavy atom. The van der Waals surface area contributed by atoms with Crippen LogP contribution in [0.15, 0.2) is 54.6 Å². The zero-order valence-electron chi connectivity index (χ0n) is 13.2. The molecule has 1 amide bonds. The molecule has 2 aromatic rings. The monoisotopic (exact) mass is 312 g/mol. The summed E-state index contributed by atoms with van der Waals surface area (Å²) in [7, 11) is 1.28. The fourth-order valence-electron chi connectivity index (χ4n) is 2.20. The van der Waals surface area contributed by atoms with E-state index in [1.165, 1.54) is 7.11 Å². The Morgan fingerprint density at radius 3 is 2.17 bits per heavy atom.